The first-order chi connectivity index (χ1) is 16.6. The van der Waals surface area contributed by atoms with E-state index in [0.29, 0.717) is 65.9 Å². The summed E-state index contributed by atoms with van der Waals surface area (Å²) in [6, 6.07) is 11.1. The van der Waals surface area contributed by atoms with E-state index in [2.05, 4.69) is 25.2 Å². The van der Waals surface area contributed by atoms with E-state index >= 15 is 0 Å². The first-order valence-electron chi connectivity index (χ1n) is 10.7. The summed E-state index contributed by atoms with van der Waals surface area (Å²) in [5.41, 5.74) is 2.21. The number of hydrogen-bond acceptors (Lipinski definition) is 8. The lowest BCUT2D eigenvalue weighted by molar-refractivity contribution is 0.0743. The van der Waals surface area contributed by atoms with Crippen molar-refractivity contribution < 1.29 is 18.7 Å². The third-order valence-electron chi connectivity index (χ3n) is 5.80. The van der Waals surface area contributed by atoms with E-state index in [1.807, 2.05) is 0 Å². The Labute approximate surface area is 194 Å². The molecule has 34 heavy (non-hydrogen) atoms. The summed E-state index contributed by atoms with van der Waals surface area (Å²) < 4.78 is 25.5. The number of methoxy groups -OCH3 is 2. The number of anilines is 1. The number of nitrogens with zero attached hydrogens (tertiary/aromatic N) is 7. The maximum atomic E-state index is 13.3. The fourth-order valence-corrected chi connectivity index (χ4v) is 3.99. The molecule has 0 aliphatic carbocycles. The summed E-state index contributed by atoms with van der Waals surface area (Å²) in [7, 11) is 3.10. The molecule has 174 valence electrons. The van der Waals surface area contributed by atoms with Crippen molar-refractivity contribution in [1.29, 1.82) is 0 Å². The van der Waals surface area contributed by atoms with E-state index in [0.717, 1.165) is 0 Å². The molecule has 1 amide bonds. The highest BCUT2D eigenvalue weighted by Crippen LogP contribution is 2.27. The number of carbonyl (C=O) groups is 1. The second-order valence-corrected chi connectivity index (χ2v) is 7.69. The second-order valence-electron chi connectivity index (χ2n) is 7.69. The number of aromatic nitrogens is 5. The maximum absolute atomic E-state index is 13.3. The fraction of sp³-hybridized carbons (Fsp3) is 0.261. The van der Waals surface area contributed by atoms with Crippen LogP contribution in [0.1, 0.15) is 10.4 Å². The molecule has 0 saturated carbocycles. The predicted molar refractivity (Wildman–Crippen MR) is 122 cm³/mol. The van der Waals surface area contributed by atoms with Gasteiger partial charge in [0.15, 0.2) is 17.0 Å². The van der Waals surface area contributed by atoms with Gasteiger partial charge >= 0.3 is 0 Å². The average molecular weight is 463 g/mol. The molecule has 1 saturated heterocycles. The molecule has 0 radical (unpaired) electrons. The quantitative estimate of drug-likeness (QED) is 0.445. The molecule has 1 aliphatic heterocycles. The Morgan fingerprint density at radius 3 is 2.44 bits per heavy atom. The van der Waals surface area contributed by atoms with E-state index < -0.39 is 0 Å². The SMILES string of the molecule is COc1ccc(C(=O)N2CCN(c3ncnc4c3nnn4-c3ccc(F)cc3)CC2)c(OC)c1. The Balaban J connectivity index is 1.35. The molecular weight excluding hydrogens is 441 g/mol. The van der Waals surface area contributed by atoms with Crippen molar-refractivity contribution in [2.75, 3.05) is 45.3 Å². The predicted octanol–water partition coefficient (Wildman–Crippen LogP) is 2.33. The highest BCUT2D eigenvalue weighted by atomic mass is 19.1. The van der Waals surface area contributed by atoms with Gasteiger partial charge in [0, 0.05) is 32.2 Å². The van der Waals surface area contributed by atoms with E-state index in [9.17, 15) is 9.18 Å². The number of hydrogen-bond donors (Lipinski definition) is 0. The minimum Gasteiger partial charge on any atom is -0.497 e. The molecule has 0 spiro atoms. The van der Waals surface area contributed by atoms with Crippen molar-refractivity contribution in [1.82, 2.24) is 29.9 Å². The largest absolute Gasteiger partial charge is 0.497 e. The van der Waals surface area contributed by atoms with Gasteiger partial charge in [-0.25, -0.2) is 14.4 Å². The normalized spacial score (nSPS) is 13.9. The van der Waals surface area contributed by atoms with Crippen LogP contribution in [-0.2, 0) is 0 Å². The number of ether oxygens (including phenoxy) is 2. The van der Waals surface area contributed by atoms with E-state index in [1.165, 1.54) is 25.6 Å². The highest BCUT2D eigenvalue weighted by Gasteiger charge is 2.27. The zero-order valence-corrected chi connectivity index (χ0v) is 18.7. The van der Waals surface area contributed by atoms with Crippen molar-refractivity contribution in [3.05, 3.63) is 60.2 Å². The van der Waals surface area contributed by atoms with Crippen LogP contribution >= 0.6 is 0 Å². The molecular formula is C23H22FN7O3. The van der Waals surface area contributed by atoms with Gasteiger partial charge in [-0.3, -0.25) is 4.79 Å². The van der Waals surface area contributed by atoms with Crippen LogP contribution < -0.4 is 14.4 Å². The van der Waals surface area contributed by atoms with Gasteiger partial charge in [0.1, 0.15) is 23.6 Å². The monoisotopic (exact) mass is 463 g/mol. The van der Waals surface area contributed by atoms with Crippen LogP contribution in [0.5, 0.6) is 11.5 Å². The second kappa shape index (κ2) is 8.93. The summed E-state index contributed by atoms with van der Waals surface area (Å²) in [4.78, 5) is 25.7. The molecule has 2 aromatic heterocycles. The van der Waals surface area contributed by atoms with Crippen LogP contribution in [0.3, 0.4) is 0 Å². The van der Waals surface area contributed by atoms with Crippen molar-refractivity contribution in [3.8, 4) is 17.2 Å². The van der Waals surface area contributed by atoms with Gasteiger partial charge in [-0.15, -0.1) is 5.10 Å². The molecule has 1 aliphatic rings. The third-order valence-corrected chi connectivity index (χ3v) is 5.80. The summed E-state index contributed by atoms with van der Waals surface area (Å²) >= 11 is 0. The molecule has 2 aromatic carbocycles. The molecule has 4 aromatic rings. The number of amides is 1. The molecule has 10 nitrogen and oxygen atoms in total. The zero-order chi connectivity index (χ0) is 23.7. The van der Waals surface area contributed by atoms with E-state index in [-0.39, 0.29) is 11.7 Å². The molecule has 5 rings (SSSR count). The zero-order valence-electron chi connectivity index (χ0n) is 18.7. The van der Waals surface area contributed by atoms with Gasteiger partial charge in [-0.05, 0) is 36.4 Å². The fourth-order valence-electron chi connectivity index (χ4n) is 3.99. The Kier molecular flexibility index (Phi) is 5.66. The highest BCUT2D eigenvalue weighted by molar-refractivity contribution is 5.97. The van der Waals surface area contributed by atoms with E-state index in [1.54, 1.807) is 47.0 Å². The van der Waals surface area contributed by atoms with Gasteiger partial charge in [0.25, 0.3) is 5.91 Å². The Morgan fingerprint density at radius 2 is 1.74 bits per heavy atom. The number of carbonyl (C=O) groups excluding carboxylic acids is 1. The first kappa shape index (κ1) is 21.6. The van der Waals surface area contributed by atoms with Crippen molar-refractivity contribution in [2.24, 2.45) is 0 Å². The number of halogens is 1. The third kappa shape index (κ3) is 3.85. The summed E-state index contributed by atoms with van der Waals surface area (Å²) in [6.07, 6.45) is 1.46. The molecule has 11 heteroatoms. The first-order valence-corrected chi connectivity index (χ1v) is 10.7. The average Bonchev–Trinajstić information content (AvgIpc) is 3.33. The van der Waals surface area contributed by atoms with Gasteiger partial charge in [-0.2, -0.15) is 4.68 Å². The van der Waals surface area contributed by atoms with Gasteiger partial charge in [0.2, 0.25) is 0 Å². The van der Waals surface area contributed by atoms with Gasteiger partial charge < -0.3 is 19.3 Å². The molecule has 0 bridgehead atoms. The number of benzene rings is 2. The van der Waals surface area contributed by atoms with Crippen molar-refractivity contribution >= 4 is 22.9 Å². The number of rotatable bonds is 5. The Hall–Kier alpha value is -4.28. The molecule has 1 fully saturated rings. The van der Waals surface area contributed by atoms with Crippen molar-refractivity contribution in [2.45, 2.75) is 0 Å². The van der Waals surface area contributed by atoms with E-state index in [4.69, 9.17) is 9.47 Å². The van der Waals surface area contributed by atoms with Crippen LogP contribution in [0.2, 0.25) is 0 Å². The minimum atomic E-state index is -0.330. The topological polar surface area (TPSA) is 98.5 Å². The smallest absolute Gasteiger partial charge is 0.257 e. The van der Waals surface area contributed by atoms with Crippen LogP contribution in [0.15, 0.2) is 48.8 Å². The maximum Gasteiger partial charge on any atom is 0.257 e. The summed E-state index contributed by atoms with van der Waals surface area (Å²) in [6.45, 7) is 2.15. The summed E-state index contributed by atoms with van der Waals surface area (Å²) in [5.74, 6) is 1.31. The molecule has 0 unspecified atom stereocenters. The van der Waals surface area contributed by atoms with Crippen LogP contribution in [0, 0.1) is 5.82 Å². The van der Waals surface area contributed by atoms with Crippen LogP contribution in [-0.4, -0.2) is 76.2 Å². The lowest BCUT2D eigenvalue weighted by atomic mass is 10.1. The lowest BCUT2D eigenvalue weighted by Gasteiger charge is -2.35. The van der Waals surface area contributed by atoms with Crippen molar-refractivity contribution in [3.63, 3.8) is 0 Å². The van der Waals surface area contributed by atoms with Crippen LogP contribution in [0.4, 0.5) is 10.2 Å². The lowest BCUT2D eigenvalue weighted by Crippen LogP contribution is -2.49. The molecule has 0 N–H and O–H groups in total. The Morgan fingerprint density at radius 1 is 0.971 bits per heavy atom. The minimum absolute atomic E-state index is 0.103. The van der Waals surface area contributed by atoms with Gasteiger partial charge in [0.05, 0.1) is 25.5 Å². The number of fused-ring (bicyclic) bond motifs is 1. The van der Waals surface area contributed by atoms with Crippen LogP contribution in [0.25, 0.3) is 16.9 Å². The standard InChI is InChI=1S/C23H22FN7O3/c1-33-17-7-8-18(19(13-17)34-2)23(32)30-11-9-29(10-12-30)21-20-22(26-14-25-21)31(28-27-20)16-5-3-15(24)4-6-16/h3-8,13-14H,9-12H2,1-2H3. The summed E-state index contributed by atoms with van der Waals surface area (Å²) in [5, 5.41) is 8.47. The Bertz CT molecular complexity index is 1330. The van der Waals surface area contributed by atoms with Gasteiger partial charge in [-0.1, -0.05) is 5.21 Å². The number of piperazine rings is 1. The molecule has 0 atom stereocenters. The molecule has 3 heterocycles.